The molecule has 2 aliphatic rings. The van der Waals surface area contributed by atoms with Crippen molar-refractivity contribution >= 4 is 34.5 Å². The highest BCUT2D eigenvalue weighted by Crippen LogP contribution is 2.40. The molecule has 2 aromatic heterocycles. The number of aliphatic hydroxyl groups is 1. The Hall–Kier alpha value is -2.86. The molecule has 2 fully saturated rings. The first kappa shape index (κ1) is 24.8. The van der Waals surface area contributed by atoms with Gasteiger partial charge in [-0.2, -0.15) is 18.2 Å². The van der Waals surface area contributed by atoms with Gasteiger partial charge in [0.05, 0.1) is 17.6 Å². The molecule has 3 atom stereocenters. The van der Waals surface area contributed by atoms with E-state index in [1.54, 1.807) is 11.6 Å². The molecule has 1 N–H and O–H groups in total. The Labute approximate surface area is 209 Å². The van der Waals surface area contributed by atoms with Crippen molar-refractivity contribution in [3.05, 3.63) is 29.3 Å². The summed E-state index contributed by atoms with van der Waals surface area (Å²) in [6, 6.07) is 2.53. The van der Waals surface area contributed by atoms with Crippen molar-refractivity contribution in [1.29, 1.82) is 0 Å². The first-order valence-corrected chi connectivity index (χ1v) is 12.6. The number of halogens is 3. The van der Waals surface area contributed by atoms with Gasteiger partial charge in [-0.25, -0.2) is 9.78 Å². The normalized spacial score (nSPS) is 21.6. The zero-order valence-electron chi connectivity index (χ0n) is 20.1. The third kappa shape index (κ3) is 4.75. The molecule has 2 saturated heterocycles. The third-order valence-electron chi connectivity index (χ3n) is 6.39. The number of hydrogen-bond acceptors (Lipinski definition) is 8. The lowest BCUT2D eigenvalue weighted by atomic mass is 9.92. The van der Waals surface area contributed by atoms with Gasteiger partial charge in [-0.3, -0.25) is 4.90 Å². The Balaban J connectivity index is 1.49. The quantitative estimate of drug-likeness (QED) is 0.482. The molecule has 194 valence electrons. The molecule has 8 nitrogen and oxygen atoms in total. The second-order valence-electron chi connectivity index (χ2n) is 10.2. The second kappa shape index (κ2) is 8.91. The number of rotatable bonds is 3. The third-order valence-corrected chi connectivity index (χ3v) is 7.19. The van der Waals surface area contributed by atoms with Gasteiger partial charge in [-0.05, 0) is 57.7 Å². The Bertz CT molecular complexity index is 1240. The molecule has 0 radical (unpaired) electrons. The molecule has 3 aromatic rings. The van der Waals surface area contributed by atoms with E-state index in [-0.39, 0.29) is 35.3 Å². The first-order valence-electron chi connectivity index (χ1n) is 11.8. The Morgan fingerprint density at radius 2 is 1.92 bits per heavy atom. The van der Waals surface area contributed by atoms with Crippen LogP contribution in [0.15, 0.2) is 28.1 Å². The highest BCUT2D eigenvalue weighted by atomic mass is 32.1. The molecule has 0 aliphatic carbocycles. The maximum absolute atomic E-state index is 13.3. The molecule has 36 heavy (non-hydrogen) atoms. The number of anilines is 1. The Morgan fingerprint density at radius 3 is 2.50 bits per heavy atom. The summed E-state index contributed by atoms with van der Waals surface area (Å²) >= 11 is 1.25. The number of hydrogen-bond donors (Lipinski definition) is 1. The van der Waals surface area contributed by atoms with Crippen LogP contribution in [-0.2, 0) is 4.74 Å². The number of carbonyl (C=O) groups excluding carboxylic acids is 1. The van der Waals surface area contributed by atoms with Crippen molar-refractivity contribution in [2.24, 2.45) is 0 Å². The zero-order valence-corrected chi connectivity index (χ0v) is 20.9. The van der Waals surface area contributed by atoms with E-state index in [9.17, 15) is 23.1 Å². The Kier molecular flexibility index (Phi) is 6.14. The van der Waals surface area contributed by atoms with Crippen LogP contribution in [0.25, 0.3) is 21.7 Å². The minimum absolute atomic E-state index is 0.0941. The maximum atomic E-state index is 13.3. The molecule has 2 aliphatic heterocycles. The van der Waals surface area contributed by atoms with Crippen LogP contribution in [0, 0.1) is 0 Å². The molecule has 1 aromatic carbocycles. The fourth-order valence-corrected chi connectivity index (χ4v) is 5.57. The van der Waals surface area contributed by atoms with Gasteiger partial charge in [-0.15, -0.1) is 11.3 Å². The van der Waals surface area contributed by atoms with Gasteiger partial charge in [-0.1, -0.05) is 0 Å². The molecule has 5 rings (SSSR count). The van der Waals surface area contributed by atoms with E-state index in [1.165, 1.54) is 23.5 Å². The van der Waals surface area contributed by atoms with Crippen molar-refractivity contribution in [3.63, 3.8) is 0 Å². The van der Waals surface area contributed by atoms with Crippen LogP contribution in [0.2, 0.25) is 0 Å². The zero-order chi connectivity index (χ0) is 25.8. The number of benzene rings is 1. The van der Waals surface area contributed by atoms with E-state index < -0.39 is 17.9 Å². The number of fused-ring (bicyclic) bond motifs is 3. The van der Waals surface area contributed by atoms with Crippen molar-refractivity contribution in [2.45, 2.75) is 70.0 Å². The maximum Gasteiger partial charge on any atom is 0.418 e. The van der Waals surface area contributed by atoms with Crippen molar-refractivity contribution < 1.29 is 32.2 Å². The number of alkyl halides is 3. The van der Waals surface area contributed by atoms with Crippen LogP contribution in [0.4, 0.5) is 24.0 Å². The molecule has 0 spiro atoms. The average molecular weight is 525 g/mol. The standard InChI is InChI=1S/C24H27F3N4O4S/c1-23(2,3)35-22(33)31-14-5-4-6-15(31)12-30(11-14)21-29-17-10-13(19(32)24(25,26)27)9-16(18(17)34-21)20-28-7-8-36-20/h7-10,14-15,19,32H,4-6,11-12H2,1-3H3. The van der Waals surface area contributed by atoms with Crippen LogP contribution in [-0.4, -0.2) is 63.0 Å². The summed E-state index contributed by atoms with van der Waals surface area (Å²) in [4.78, 5) is 25.4. The summed E-state index contributed by atoms with van der Waals surface area (Å²) in [7, 11) is 0. The van der Waals surface area contributed by atoms with Crippen LogP contribution in [0.1, 0.15) is 51.7 Å². The summed E-state index contributed by atoms with van der Waals surface area (Å²) in [6.07, 6.45) is -3.67. The van der Waals surface area contributed by atoms with Gasteiger partial charge in [0.2, 0.25) is 0 Å². The van der Waals surface area contributed by atoms with Crippen LogP contribution in [0.5, 0.6) is 0 Å². The number of piperidine rings is 1. The minimum atomic E-state index is -4.82. The minimum Gasteiger partial charge on any atom is -0.444 e. The SMILES string of the molecule is CC(C)(C)OC(=O)N1C2CCCC1CN(c1nc3cc(C(O)C(F)(F)F)cc(-c4nccs4)c3o1)C2. The van der Waals surface area contributed by atoms with Gasteiger partial charge in [0.1, 0.15) is 16.1 Å². The van der Waals surface area contributed by atoms with Gasteiger partial charge in [0.25, 0.3) is 6.01 Å². The Morgan fingerprint density at radius 1 is 1.22 bits per heavy atom. The summed E-state index contributed by atoms with van der Waals surface area (Å²) < 4.78 is 51.6. The summed E-state index contributed by atoms with van der Waals surface area (Å²) in [5.74, 6) is 0. The molecule has 1 amide bonds. The number of nitrogens with zero attached hydrogens (tertiary/aromatic N) is 4. The largest absolute Gasteiger partial charge is 0.444 e. The molecule has 4 heterocycles. The van der Waals surface area contributed by atoms with E-state index in [2.05, 4.69) is 9.97 Å². The molecular weight excluding hydrogens is 497 g/mol. The van der Waals surface area contributed by atoms with E-state index in [1.807, 2.05) is 30.6 Å². The topological polar surface area (TPSA) is 91.9 Å². The second-order valence-corrected chi connectivity index (χ2v) is 11.1. The van der Waals surface area contributed by atoms with Crippen LogP contribution >= 0.6 is 11.3 Å². The monoisotopic (exact) mass is 524 g/mol. The summed E-state index contributed by atoms with van der Waals surface area (Å²) in [6.45, 7) is 6.43. The molecule has 3 unspecified atom stereocenters. The fraction of sp³-hybridized carbons (Fsp3) is 0.542. The lowest BCUT2D eigenvalue weighted by Crippen LogP contribution is -2.63. The number of aromatic nitrogens is 2. The lowest BCUT2D eigenvalue weighted by Gasteiger charge is -2.49. The highest BCUT2D eigenvalue weighted by Gasteiger charge is 2.43. The molecule has 12 heteroatoms. The number of thiazole rings is 1. The average Bonchev–Trinajstić information content (AvgIpc) is 3.45. The van der Waals surface area contributed by atoms with Crippen molar-refractivity contribution in [2.75, 3.05) is 18.0 Å². The van der Waals surface area contributed by atoms with Crippen molar-refractivity contribution in [3.8, 4) is 10.6 Å². The van der Waals surface area contributed by atoms with E-state index in [0.29, 0.717) is 29.2 Å². The number of piperazine rings is 1. The van der Waals surface area contributed by atoms with Gasteiger partial charge >= 0.3 is 12.3 Å². The number of carbonyl (C=O) groups is 1. The van der Waals surface area contributed by atoms with Crippen LogP contribution < -0.4 is 4.90 Å². The van der Waals surface area contributed by atoms with E-state index in [0.717, 1.165) is 19.3 Å². The molecular formula is C24H27F3N4O4S. The predicted molar refractivity (Wildman–Crippen MR) is 128 cm³/mol. The first-order chi connectivity index (χ1) is 16.9. The number of amides is 1. The van der Waals surface area contributed by atoms with Gasteiger partial charge < -0.3 is 19.2 Å². The highest BCUT2D eigenvalue weighted by molar-refractivity contribution is 7.13. The number of ether oxygens (including phenoxy) is 1. The van der Waals surface area contributed by atoms with E-state index in [4.69, 9.17) is 9.15 Å². The summed E-state index contributed by atoms with van der Waals surface area (Å²) in [5.41, 5.74) is -0.0828. The molecule has 0 saturated carbocycles. The van der Waals surface area contributed by atoms with Crippen molar-refractivity contribution in [1.82, 2.24) is 14.9 Å². The lowest BCUT2D eigenvalue weighted by molar-refractivity contribution is -0.206. The van der Waals surface area contributed by atoms with Gasteiger partial charge in [0, 0.05) is 24.7 Å². The summed E-state index contributed by atoms with van der Waals surface area (Å²) in [5, 5.41) is 12.1. The van der Waals surface area contributed by atoms with Gasteiger partial charge in [0.15, 0.2) is 11.7 Å². The fourth-order valence-electron chi connectivity index (χ4n) is 4.92. The number of aliphatic hydroxyl groups excluding tert-OH is 1. The smallest absolute Gasteiger partial charge is 0.418 e. The number of oxazole rings is 1. The van der Waals surface area contributed by atoms with E-state index >= 15 is 0 Å². The predicted octanol–water partition coefficient (Wildman–Crippen LogP) is 5.53. The molecule has 2 bridgehead atoms. The van der Waals surface area contributed by atoms with Crippen LogP contribution in [0.3, 0.4) is 0 Å².